The van der Waals surface area contributed by atoms with Crippen LogP contribution in [0.4, 0.5) is 5.69 Å². The summed E-state index contributed by atoms with van der Waals surface area (Å²) in [6.07, 6.45) is 5.25. The molecule has 36 heavy (non-hydrogen) atoms. The number of hydrogen-bond acceptors (Lipinski definition) is 12. The average Bonchev–Trinajstić information content (AvgIpc) is 3.62. The molecule has 3 N–H and O–H groups in total. The molecule has 2 aromatic heterocycles. The molecule has 0 radical (unpaired) electrons. The van der Waals surface area contributed by atoms with Gasteiger partial charge in [0.2, 0.25) is 11.6 Å². The maximum atomic E-state index is 13.1. The lowest BCUT2D eigenvalue weighted by Crippen LogP contribution is -2.72. The van der Waals surface area contributed by atoms with Crippen LogP contribution in [-0.4, -0.2) is 65.5 Å². The summed E-state index contributed by atoms with van der Waals surface area (Å²) in [5, 5.41) is 30.2. The minimum atomic E-state index is -0.965. The zero-order valence-corrected chi connectivity index (χ0v) is 19.4. The first-order valence-electron chi connectivity index (χ1n) is 12.3. The van der Waals surface area contributed by atoms with Crippen LogP contribution in [-0.2, 0) is 4.79 Å². The second-order valence-corrected chi connectivity index (χ2v) is 10.3. The fourth-order valence-corrected chi connectivity index (χ4v) is 6.66. The Morgan fingerprint density at radius 3 is 2.97 bits per heavy atom. The number of aromatic nitrogens is 5. The second kappa shape index (κ2) is 6.96. The summed E-state index contributed by atoms with van der Waals surface area (Å²) in [5.74, 6) is -0.184. The molecule has 3 aromatic rings. The zero-order valence-electron chi connectivity index (χ0n) is 19.4. The molecule has 4 heterocycles. The predicted molar refractivity (Wildman–Crippen MR) is 124 cm³/mol. The molecule has 13 nitrogen and oxygen atoms in total. The van der Waals surface area contributed by atoms with E-state index in [2.05, 4.69) is 46.6 Å². The summed E-state index contributed by atoms with van der Waals surface area (Å²) < 4.78 is 1.46. The fraction of sp³-hybridized carbons (Fsp3) is 0.478. The van der Waals surface area contributed by atoms with Gasteiger partial charge in [0, 0.05) is 28.8 Å². The number of azo groups is 1. The van der Waals surface area contributed by atoms with Gasteiger partial charge in [-0.25, -0.2) is 10.4 Å². The molecular formula is C23H23N11O2. The number of fused-ring (bicyclic) bond motifs is 8. The predicted octanol–water partition coefficient (Wildman–Crippen LogP) is 1.10. The highest BCUT2D eigenvalue weighted by molar-refractivity contribution is 6.21. The first-order valence-corrected chi connectivity index (χ1v) is 12.3. The van der Waals surface area contributed by atoms with Crippen molar-refractivity contribution in [1.82, 2.24) is 40.5 Å². The van der Waals surface area contributed by atoms with Gasteiger partial charge in [0.15, 0.2) is 12.1 Å². The lowest BCUT2D eigenvalue weighted by atomic mass is 9.80. The van der Waals surface area contributed by atoms with Gasteiger partial charge in [0.05, 0.1) is 6.04 Å². The fourth-order valence-electron chi connectivity index (χ4n) is 6.66. The van der Waals surface area contributed by atoms with Crippen LogP contribution in [0.1, 0.15) is 48.7 Å². The number of Topliss-reactive ketones (excluding diaryl/α,β-unsaturated/α-hetero) is 1. The molecule has 3 fully saturated rings. The highest BCUT2D eigenvalue weighted by Crippen LogP contribution is 2.45. The molecule has 2 aliphatic heterocycles. The smallest absolute Gasteiger partial charge is 0.272 e. The molecule has 6 unspecified atom stereocenters. The quantitative estimate of drug-likeness (QED) is 0.376. The van der Waals surface area contributed by atoms with E-state index in [9.17, 15) is 9.59 Å². The van der Waals surface area contributed by atoms with Crippen molar-refractivity contribution in [2.75, 3.05) is 5.32 Å². The summed E-state index contributed by atoms with van der Waals surface area (Å²) >= 11 is 0. The van der Waals surface area contributed by atoms with Crippen LogP contribution < -0.4 is 16.1 Å². The molecule has 0 amide bonds. The van der Waals surface area contributed by atoms with E-state index < -0.39 is 12.1 Å². The molecule has 6 atom stereocenters. The van der Waals surface area contributed by atoms with Gasteiger partial charge in [-0.3, -0.25) is 14.9 Å². The second-order valence-electron chi connectivity index (χ2n) is 10.3. The van der Waals surface area contributed by atoms with Crippen molar-refractivity contribution in [2.45, 2.75) is 56.8 Å². The van der Waals surface area contributed by atoms with E-state index in [0.717, 1.165) is 25.7 Å². The van der Waals surface area contributed by atoms with E-state index in [1.165, 1.54) is 10.8 Å². The molecule has 1 aromatic carbocycles. The number of rotatable bonds is 2. The largest absolute Gasteiger partial charge is 0.346 e. The van der Waals surface area contributed by atoms with E-state index in [1.54, 1.807) is 6.07 Å². The molecule has 182 valence electrons. The highest BCUT2D eigenvalue weighted by Gasteiger charge is 2.58. The summed E-state index contributed by atoms with van der Waals surface area (Å²) in [7, 11) is 0. The standard InChI is InChI=1S/C23H23N11O2/c1-23(32-29-22-26-17-15(31-34(22)23)10-5-2-3-6-11(10)19(17)35)27-13-8-4-7-12-14(13)16-18(20(12)36)25-21-28-24-9-33(21)30-16/h4,7-11,15,17,22,26-27,31H,2-3,5-6H2,1H3. The Labute approximate surface area is 204 Å². The van der Waals surface area contributed by atoms with Crippen LogP contribution in [0.2, 0.25) is 0 Å². The van der Waals surface area contributed by atoms with Gasteiger partial charge in [-0.05, 0) is 31.7 Å². The van der Waals surface area contributed by atoms with Crippen molar-refractivity contribution >= 4 is 23.0 Å². The van der Waals surface area contributed by atoms with Gasteiger partial charge >= 0.3 is 0 Å². The van der Waals surface area contributed by atoms with E-state index in [4.69, 9.17) is 0 Å². The van der Waals surface area contributed by atoms with E-state index in [1.807, 2.05) is 24.1 Å². The van der Waals surface area contributed by atoms with Gasteiger partial charge in [0.1, 0.15) is 17.7 Å². The highest BCUT2D eigenvalue weighted by atomic mass is 16.1. The number of ketones is 2. The lowest BCUT2D eigenvalue weighted by molar-refractivity contribution is -0.125. The third-order valence-electron chi connectivity index (χ3n) is 8.29. The van der Waals surface area contributed by atoms with E-state index in [0.29, 0.717) is 34.2 Å². The van der Waals surface area contributed by atoms with Gasteiger partial charge in [0.25, 0.3) is 5.78 Å². The van der Waals surface area contributed by atoms with Crippen molar-refractivity contribution in [3.63, 3.8) is 0 Å². The number of hydrogen-bond donors (Lipinski definition) is 3. The van der Waals surface area contributed by atoms with Crippen molar-refractivity contribution < 1.29 is 9.59 Å². The number of carbonyl (C=O) groups excluding carboxylic acids is 2. The Hall–Kier alpha value is -3.68. The number of nitrogens with zero attached hydrogens (tertiary/aromatic N) is 8. The van der Waals surface area contributed by atoms with Gasteiger partial charge in [-0.15, -0.1) is 15.3 Å². The zero-order chi connectivity index (χ0) is 24.2. The summed E-state index contributed by atoms with van der Waals surface area (Å²) in [6, 6.07) is 5.23. The minimum absolute atomic E-state index is 0.000332. The third kappa shape index (κ3) is 2.59. The number of anilines is 1. The number of carbonyl (C=O) groups is 2. The van der Waals surface area contributed by atoms with Crippen LogP contribution in [0.3, 0.4) is 0 Å². The van der Waals surface area contributed by atoms with Crippen molar-refractivity contribution in [2.24, 2.45) is 22.1 Å². The van der Waals surface area contributed by atoms with Gasteiger partial charge in [-0.2, -0.15) is 19.7 Å². The Bertz CT molecular complexity index is 1500. The monoisotopic (exact) mass is 485 g/mol. The molecule has 1 saturated heterocycles. The van der Waals surface area contributed by atoms with Crippen molar-refractivity contribution in [3.8, 4) is 11.3 Å². The Morgan fingerprint density at radius 2 is 2.06 bits per heavy atom. The minimum Gasteiger partial charge on any atom is -0.346 e. The topological polar surface area (TPSA) is 154 Å². The molecule has 2 saturated carbocycles. The SMILES string of the molecule is CC1(Nc2cccc3c2-c2nn4cnnc4nc2C3=O)N=NC2NC3C(=O)C4CCCCC4C3NN21. The Balaban J connectivity index is 1.15. The summed E-state index contributed by atoms with van der Waals surface area (Å²) in [4.78, 5) is 30.6. The molecule has 0 spiro atoms. The Kier molecular flexibility index (Phi) is 3.96. The summed E-state index contributed by atoms with van der Waals surface area (Å²) in [6.45, 7) is 1.92. The van der Waals surface area contributed by atoms with Crippen molar-refractivity contribution in [3.05, 3.63) is 35.8 Å². The molecular weight excluding hydrogens is 462 g/mol. The molecule has 5 aliphatic rings. The van der Waals surface area contributed by atoms with Crippen LogP contribution in [0.15, 0.2) is 34.8 Å². The number of nitrogens with one attached hydrogen (secondary N) is 3. The number of benzene rings is 1. The normalized spacial score (nSPS) is 34.4. The molecule has 0 bridgehead atoms. The first kappa shape index (κ1) is 20.5. The molecule has 3 aliphatic carbocycles. The first-order chi connectivity index (χ1) is 17.5. The third-order valence-corrected chi connectivity index (χ3v) is 8.29. The molecule has 8 rings (SSSR count). The van der Waals surface area contributed by atoms with Crippen LogP contribution >= 0.6 is 0 Å². The average molecular weight is 486 g/mol. The Morgan fingerprint density at radius 1 is 1.17 bits per heavy atom. The van der Waals surface area contributed by atoms with E-state index >= 15 is 0 Å². The van der Waals surface area contributed by atoms with Crippen LogP contribution in [0.25, 0.3) is 17.0 Å². The maximum Gasteiger partial charge on any atom is 0.272 e. The van der Waals surface area contributed by atoms with E-state index in [-0.39, 0.29) is 35.3 Å². The van der Waals surface area contributed by atoms with Gasteiger partial charge < -0.3 is 5.32 Å². The maximum absolute atomic E-state index is 13.1. The lowest BCUT2D eigenvalue weighted by Gasteiger charge is -2.45. The molecule has 13 heteroatoms. The van der Waals surface area contributed by atoms with Crippen LogP contribution in [0, 0.1) is 11.8 Å². The van der Waals surface area contributed by atoms with Crippen molar-refractivity contribution in [1.29, 1.82) is 0 Å². The van der Waals surface area contributed by atoms with Gasteiger partial charge in [-0.1, -0.05) is 25.0 Å². The number of hydrazine groups is 1. The summed E-state index contributed by atoms with van der Waals surface area (Å²) in [5.41, 5.74) is 6.20. The van der Waals surface area contributed by atoms with Crippen LogP contribution in [0.5, 0.6) is 0 Å².